The van der Waals surface area contributed by atoms with E-state index in [2.05, 4.69) is 35.3 Å². The fourth-order valence-electron chi connectivity index (χ4n) is 3.27. The Kier molecular flexibility index (Phi) is 3.42. The first-order valence-corrected chi connectivity index (χ1v) is 7.54. The third-order valence-electron chi connectivity index (χ3n) is 4.62. The zero-order valence-corrected chi connectivity index (χ0v) is 11.7. The lowest BCUT2D eigenvalue weighted by molar-refractivity contribution is 0.359. The second kappa shape index (κ2) is 5.04. The number of nitrogens with one attached hydrogen (secondary N) is 1. The maximum atomic E-state index is 4.43. The van der Waals surface area contributed by atoms with Crippen molar-refractivity contribution < 1.29 is 0 Å². The van der Waals surface area contributed by atoms with Gasteiger partial charge in [-0.1, -0.05) is 19.8 Å². The average Bonchev–Trinajstić information content (AvgIpc) is 3.12. The zero-order chi connectivity index (χ0) is 12.5. The smallest absolute Gasteiger partial charge is 0.0540 e. The van der Waals surface area contributed by atoms with Gasteiger partial charge in [-0.2, -0.15) is 5.10 Å². The lowest BCUT2D eigenvalue weighted by Gasteiger charge is -2.28. The van der Waals surface area contributed by atoms with Gasteiger partial charge in [0.2, 0.25) is 0 Å². The predicted molar refractivity (Wildman–Crippen MR) is 73.4 cm³/mol. The molecule has 3 nitrogen and oxygen atoms in total. The van der Waals surface area contributed by atoms with Gasteiger partial charge in [-0.3, -0.25) is 4.68 Å². The molecule has 0 radical (unpaired) electrons. The van der Waals surface area contributed by atoms with Crippen molar-refractivity contribution in [2.45, 2.75) is 64.0 Å². The molecule has 0 aromatic carbocycles. The minimum atomic E-state index is 0.547. The van der Waals surface area contributed by atoms with Crippen molar-refractivity contribution in [1.82, 2.24) is 15.1 Å². The van der Waals surface area contributed by atoms with Gasteiger partial charge < -0.3 is 5.32 Å². The number of hydrogen-bond acceptors (Lipinski definition) is 2. The van der Waals surface area contributed by atoms with E-state index in [1.54, 1.807) is 0 Å². The van der Waals surface area contributed by atoms with Crippen LogP contribution in [0.15, 0.2) is 6.20 Å². The Morgan fingerprint density at radius 1 is 1.44 bits per heavy atom. The zero-order valence-electron chi connectivity index (χ0n) is 11.7. The molecule has 3 heteroatoms. The van der Waals surface area contributed by atoms with E-state index < -0.39 is 0 Å². The Hall–Kier alpha value is -0.830. The lowest BCUT2D eigenvalue weighted by Crippen LogP contribution is -2.34. The molecule has 0 spiro atoms. The molecule has 100 valence electrons. The molecule has 2 aliphatic carbocycles. The topological polar surface area (TPSA) is 29.9 Å². The van der Waals surface area contributed by atoms with Gasteiger partial charge in [-0.15, -0.1) is 0 Å². The molecule has 3 rings (SSSR count). The SMILES string of the molecule is CCC(CC1CC1)NC1CCCc2c1cnn2C. The third-order valence-corrected chi connectivity index (χ3v) is 4.62. The van der Waals surface area contributed by atoms with Crippen molar-refractivity contribution in [3.8, 4) is 0 Å². The summed E-state index contributed by atoms with van der Waals surface area (Å²) in [7, 11) is 2.07. The van der Waals surface area contributed by atoms with E-state index in [0.717, 1.165) is 5.92 Å². The molecule has 0 aliphatic heterocycles. The van der Waals surface area contributed by atoms with Gasteiger partial charge in [-0.05, 0) is 38.0 Å². The van der Waals surface area contributed by atoms with Crippen LogP contribution in [0.5, 0.6) is 0 Å². The van der Waals surface area contributed by atoms with Crippen LogP contribution in [0.3, 0.4) is 0 Å². The van der Waals surface area contributed by atoms with Crippen LogP contribution in [-0.2, 0) is 13.5 Å². The van der Waals surface area contributed by atoms with Crippen LogP contribution in [0.2, 0.25) is 0 Å². The Morgan fingerprint density at radius 2 is 2.28 bits per heavy atom. The fraction of sp³-hybridized carbons (Fsp3) is 0.800. The second-order valence-corrected chi connectivity index (χ2v) is 6.07. The Labute approximate surface area is 110 Å². The Bertz CT molecular complexity index is 406. The van der Waals surface area contributed by atoms with Gasteiger partial charge in [0.1, 0.15) is 0 Å². The number of rotatable bonds is 5. The monoisotopic (exact) mass is 247 g/mol. The number of aromatic nitrogens is 2. The quantitative estimate of drug-likeness (QED) is 0.867. The number of aryl methyl sites for hydroxylation is 1. The van der Waals surface area contributed by atoms with Crippen molar-refractivity contribution in [3.05, 3.63) is 17.5 Å². The van der Waals surface area contributed by atoms with Crippen LogP contribution in [0.1, 0.15) is 62.7 Å². The van der Waals surface area contributed by atoms with Crippen LogP contribution in [0, 0.1) is 5.92 Å². The summed E-state index contributed by atoms with van der Waals surface area (Å²) in [6.45, 7) is 2.31. The van der Waals surface area contributed by atoms with Gasteiger partial charge in [-0.25, -0.2) is 0 Å². The highest BCUT2D eigenvalue weighted by Crippen LogP contribution is 2.36. The summed E-state index contributed by atoms with van der Waals surface area (Å²) in [5, 5.41) is 8.32. The summed E-state index contributed by atoms with van der Waals surface area (Å²) in [5.74, 6) is 1.01. The van der Waals surface area contributed by atoms with E-state index in [0.29, 0.717) is 12.1 Å². The molecule has 1 heterocycles. The molecule has 1 aromatic rings. The Morgan fingerprint density at radius 3 is 3.00 bits per heavy atom. The van der Waals surface area contributed by atoms with E-state index in [1.165, 1.54) is 56.2 Å². The predicted octanol–water partition coefficient (Wildman–Crippen LogP) is 2.97. The number of hydrogen-bond donors (Lipinski definition) is 1. The van der Waals surface area contributed by atoms with Gasteiger partial charge >= 0.3 is 0 Å². The summed E-state index contributed by atoms with van der Waals surface area (Å²) in [6.07, 6.45) is 11.4. The van der Waals surface area contributed by atoms with Crippen molar-refractivity contribution >= 4 is 0 Å². The highest BCUT2D eigenvalue weighted by atomic mass is 15.3. The number of nitrogens with zero attached hydrogens (tertiary/aromatic N) is 2. The van der Waals surface area contributed by atoms with E-state index in [4.69, 9.17) is 0 Å². The first-order chi connectivity index (χ1) is 8.78. The van der Waals surface area contributed by atoms with Gasteiger partial charge in [0.05, 0.1) is 6.20 Å². The molecular formula is C15H25N3. The van der Waals surface area contributed by atoms with Crippen molar-refractivity contribution in [2.75, 3.05) is 0 Å². The molecule has 2 atom stereocenters. The van der Waals surface area contributed by atoms with Crippen molar-refractivity contribution in [3.63, 3.8) is 0 Å². The summed E-state index contributed by atoms with van der Waals surface area (Å²) in [4.78, 5) is 0. The first-order valence-electron chi connectivity index (χ1n) is 7.54. The van der Waals surface area contributed by atoms with Crippen LogP contribution in [0.25, 0.3) is 0 Å². The molecule has 2 unspecified atom stereocenters. The average molecular weight is 247 g/mol. The molecule has 1 aromatic heterocycles. The number of fused-ring (bicyclic) bond motifs is 1. The van der Waals surface area contributed by atoms with Crippen molar-refractivity contribution in [2.24, 2.45) is 13.0 Å². The largest absolute Gasteiger partial charge is 0.307 e. The van der Waals surface area contributed by atoms with Gasteiger partial charge in [0.15, 0.2) is 0 Å². The van der Waals surface area contributed by atoms with Crippen LogP contribution in [-0.4, -0.2) is 15.8 Å². The highest BCUT2D eigenvalue weighted by molar-refractivity contribution is 5.24. The van der Waals surface area contributed by atoms with Crippen molar-refractivity contribution in [1.29, 1.82) is 0 Å². The molecule has 1 N–H and O–H groups in total. The molecule has 0 saturated heterocycles. The second-order valence-electron chi connectivity index (χ2n) is 6.07. The normalized spacial score (nSPS) is 24.9. The fourth-order valence-corrected chi connectivity index (χ4v) is 3.27. The van der Waals surface area contributed by atoms with Gasteiger partial charge in [0, 0.05) is 30.4 Å². The van der Waals surface area contributed by atoms with E-state index in [1.807, 2.05) is 0 Å². The maximum Gasteiger partial charge on any atom is 0.0540 e. The summed E-state index contributed by atoms with van der Waals surface area (Å²) >= 11 is 0. The summed E-state index contributed by atoms with van der Waals surface area (Å²) in [5.41, 5.74) is 2.90. The summed E-state index contributed by atoms with van der Waals surface area (Å²) < 4.78 is 2.06. The minimum Gasteiger partial charge on any atom is -0.307 e. The molecule has 1 fully saturated rings. The molecule has 18 heavy (non-hydrogen) atoms. The molecule has 0 amide bonds. The third kappa shape index (κ3) is 2.46. The van der Waals surface area contributed by atoms with E-state index in [9.17, 15) is 0 Å². The Balaban J connectivity index is 1.68. The van der Waals surface area contributed by atoms with Crippen LogP contribution >= 0.6 is 0 Å². The van der Waals surface area contributed by atoms with Gasteiger partial charge in [0.25, 0.3) is 0 Å². The molecule has 1 saturated carbocycles. The summed E-state index contributed by atoms with van der Waals surface area (Å²) in [6, 6.07) is 1.25. The maximum absolute atomic E-state index is 4.43. The molecule has 0 bridgehead atoms. The van der Waals surface area contributed by atoms with Crippen LogP contribution < -0.4 is 5.32 Å². The van der Waals surface area contributed by atoms with E-state index >= 15 is 0 Å². The van der Waals surface area contributed by atoms with Crippen LogP contribution in [0.4, 0.5) is 0 Å². The lowest BCUT2D eigenvalue weighted by atomic mass is 9.91. The molecule has 2 aliphatic rings. The standard InChI is InChI=1S/C15H25N3/c1-3-12(9-11-7-8-11)17-14-5-4-6-15-13(14)10-16-18(15)2/h10-12,14,17H,3-9H2,1-2H3. The minimum absolute atomic E-state index is 0.547. The highest BCUT2D eigenvalue weighted by Gasteiger charge is 2.28. The first kappa shape index (κ1) is 12.2. The molecular weight excluding hydrogens is 222 g/mol. The van der Waals surface area contributed by atoms with E-state index in [-0.39, 0.29) is 0 Å².